The molecule has 3 rings (SSSR count). The Morgan fingerprint density at radius 3 is 3.00 bits per heavy atom. The summed E-state index contributed by atoms with van der Waals surface area (Å²) in [5, 5.41) is 4.77. The van der Waals surface area contributed by atoms with Gasteiger partial charge in [0, 0.05) is 30.1 Å². The Bertz CT molecular complexity index is 484. The largest absolute Gasteiger partial charge is 0.397 e. The van der Waals surface area contributed by atoms with Gasteiger partial charge in [-0.2, -0.15) is 11.8 Å². The van der Waals surface area contributed by atoms with E-state index in [0.29, 0.717) is 21.9 Å². The molecule has 1 saturated carbocycles. The van der Waals surface area contributed by atoms with E-state index in [-0.39, 0.29) is 5.91 Å². The first-order valence-electron chi connectivity index (χ1n) is 6.70. The molecule has 1 amide bonds. The van der Waals surface area contributed by atoms with Crippen LogP contribution >= 0.6 is 23.1 Å². The standard InChI is InChI=1S/C13H19N3OS2/c1-8-7-16(4-5-18-8)11-6-10(14)12(19-11)13(17)15-9-2-3-9/h6,8-9H,2-5,7,14H2,1H3,(H,15,17). The maximum absolute atomic E-state index is 12.1. The number of nitrogens with two attached hydrogens (primary N) is 1. The van der Waals surface area contributed by atoms with E-state index in [2.05, 4.69) is 17.1 Å². The molecule has 1 aliphatic carbocycles. The van der Waals surface area contributed by atoms with Crippen LogP contribution in [0.5, 0.6) is 0 Å². The Balaban J connectivity index is 1.74. The van der Waals surface area contributed by atoms with Crippen LogP contribution in [0.15, 0.2) is 6.07 Å². The second kappa shape index (κ2) is 5.25. The molecular formula is C13H19N3OS2. The van der Waals surface area contributed by atoms with Crippen LogP contribution in [0, 0.1) is 0 Å². The van der Waals surface area contributed by atoms with Gasteiger partial charge in [0.25, 0.3) is 5.91 Å². The highest BCUT2D eigenvalue weighted by molar-refractivity contribution is 8.00. The molecule has 0 spiro atoms. The van der Waals surface area contributed by atoms with E-state index in [0.717, 1.165) is 36.7 Å². The monoisotopic (exact) mass is 297 g/mol. The fourth-order valence-electron chi connectivity index (χ4n) is 2.22. The Kier molecular flexibility index (Phi) is 3.62. The first-order chi connectivity index (χ1) is 9.13. The maximum Gasteiger partial charge on any atom is 0.263 e. The van der Waals surface area contributed by atoms with Crippen molar-refractivity contribution < 1.29 is 4.79 Å². The van der Waals surface area contributed by atoms with Gasteiger partial charge in [-0.15, -0.1) is 11.3 Å². The van der Waals surface area contributed by atoms with Crippen molar-refractivity contribution in [3.8, 4) is 0 Å². The Morgan fingerprint density at radius 2 is 2.32 bits per heavy atom. The summed E-state index contributed by atoms with van der Waals surface area (Å²) in [4.78, 5) is 15.1. The number of hydrogen-bond acceptors (Lipinski definition) is 5. The van der Waals surface area contributed by atoms with Crippen LogP contribution in [0.2, 0.25) is 0 Å². The molecule has 6 heteroatoms. The predicted molar refractivity (Wildman–Crippen MR) is 83.4 cm³/mol. The van der Waals surface area contributed by atoms with Gasteiger partial charge in [0.05, 0.1) is 10.7 Å². The van der Waals surface area contributed by atoms with Crippen LogP contribution in [0.25, 0.3) is 0 Å². The summed E-state index contributed by atoms with van der Waals surface area (Å²) >= 11 is 3.53. The number of nitrogens with zero attached hydrogens (tertiary/aromatic N) is 1. The summed E-state index contributed by atoms with van der Waals surface area (Å²) in [5.41, 5.74) is 6.61. The molecule has 0 aromatic carbocycles. The molecule has 0 radical (unpaired) electrons. The van der Waals surface area contributed by atoms with Crippen molar-refractivity contribution in [3.05, 3.63) is 10.9 Å². The first kappa shape index (κ1) is 13.1. The molecule has 2 heterocycles. The van der Waals surface area contributed by atoms with Gasteiger partial charge in [0.2, 0.25) is 0 Å². The fraction of sp³-hybridized carbons (Fsp3) is 0.615. The van der Waals surface area contributed by atoms with E-state index < -0.39 is 0 Å². The molecule has 1 aromatic rings. The van der Waals surface area contributed by atoms with Crippen LogP contribution in [0.1, 0.15) is 29.4 Å². The van der Waals surface area contributed by atoms with Gasteiger partial charge >= 0.3 is 0 Å². The first-order valence-corrected chi connectivity index (χ1v) is 8.56. The van der Waals surface area contributed by atoms with Crippen molar-refractivity contribution in [3.63, 3.8) is 0 Å². The number of hydrogen-bond donors (Lipinski definition) is 2. The molecule has 1 saturated heterocycles. The third-order valence-corrected chi connectivity index (χ3v) is 5.77. The van der Waals surface area contributed by atoms with Crippen molar-refractivity contribution >= 4 is 39.7 Å². The number of thiophene rings is 1. The second-order valence-electron chi connectivity index (χ2n) is 5.24. The van der Waals surface area contributed by atoms with E-state index in [1.165, 1.54) is 11.3 Å². The predicted octanol–water partition coefficient (Wildman–Crippen LogP) is 2.16. The number of carbonyl (C=O) groups is 1. The molecule has 2 aliphatic rings. The summed E-state index contributed by atoms with van der Waals surface area (Å²) in [6.45, 7) is 4.32. The lowest BCUT2D eigenvalue weighted by molar-refractivity contribution is 0.0956. The Morgan fingerprint density at radius 1 is 1.53 bits per heavy atom. The smallest absolute Gasteiger partial charge is 0.263 e. The van der Waals surface area contributed by atoms with Crippen molar-refractivity contribution in [1.82, 2.24) is 5.32 Å². The summed E-state index contributed by atoms with van der Waals surface area (Å²) in [5.74, 6) is 1.14. The third kappa shape index (κ3) is 3.00. The SMILES string of the molecule is CC1CN(c2cc(N)c(C(=O)NC3CC3)s2)CCS1. The number of nitrogen functional groups attached to an aromatic ring is 1. The van der Waals surface area contributed by atoms with Crippen molar-refractivity contribution in [1.29, 1.82) is 0 Å². The van der Waals surface area contributed by atoms with Crippen LogP contribution in [-0.2, 0) is 0 Å². The number of anilines is 2. The van der Waals surface area contributed by atoms with E-state index in [4.69, 9.17) is 5.73 Å². The molecule has 3 N–H and O–H groups in total. The minimum absolute atomic E-state index is 0.00400. The molecule has 1 aliphatic heterocycles. The van der Waals surface area contributed by atoms with Gasteiger partial charge in [-0.3, -0.25) is 4.79 Å². The van der Waals surface area contributed by atoms with Crippen molar-refractivity contribution in [2.45, 2.75) is 31.1 Å². The van der Waals surface area contributed by atoms with E-state index in [9.17, 15) is 4.79 Å². The molecule has 1 atom stereocenters. The normalized spacial score (nSPS) is 23.4. The average Bonchev–Trinajstić information content (AvgIpc) is 3.09. The second-order valence-corrected chi connectivity index (χ2v) is 7.82. The third-order valence-electron chi connectivity index (χ3n) is 3.42. The number of nitrogens with one attached hydrogen (secondary N) is 1. The zero-order valence-electron chi connectivity index (χ0n) is 11.0. The number of thioether (sulfide) groups is 1. The minimum atomic E-state index is -0.00400. The Hall–Kier alpha value is -0.880. The van der Waals surface area contributed by atoms with Crippen LogP contribution in [0.4, 0.5) is 10.7 Å². The lowest BCUT2D eigenvalue weighted by atomic mass is 10.3. The summed E-state index contributed by atoms with van der Waals surface area (Å²) in [7, 11) is 0. The molecule has 104 valence electrons. The quantitative estimate of drug-likeness (QED) is 0.897. The maximum atomic E-state index is 12.1. The Labute approximate surface area is 121 Å². The van der Waals surface area contributed by atoms with Gasteiger partial charge in [0.15, 0.2) is 0 Å². The highest BCUT2D eigenvalue weighted by atomic mass is 32.2. The van der Waals surface area contributed by atoms with Crippen LogP contribution in [-0.4, -0.2) is 36.0 Å². The van der Waals surface area contributed by atoms with Gasteiger partial charge in [-0.1, -0.05) is 6.92 Å². The molecule has 1 aromatic heterocycles. The van der Waals surface area contributed by atoms with Crippen LogP contribution < -0.4 is 16.0 Å². The highest BCUT2D eigenvalue weighted by Gasteiger charge is 2.27. The number of carbonyl (C=O) groups excluding carboxylic acids is 1. The molecular weight excluding hydrogens is 278 g/mol. The van der Waals surface area contributed by atoms with E-state index in [1.807, 2.05) is 17.8 Å². The molecule has 19 heavy (non-hydrogen) atoms. The zero-order chi connectivity index (χ0) is 13.4. The summed E-state index contributed by atoms with van der Waals surface area (Å²) < 4.78 is 0. The van der Waals surface area contributed by atoms with Gasteiger partial charge < -0.3 is 16.0 Å². The fourth-order valence-corrected chi connectivity index (χ4v) is 4.25. The number of amides is 1. The summed E-state index contributed by atoms with van der Waals surface area (Å²) in [6, 6.07) is 2.33. The van der Waals surface area contributed by atoms with E-state index in [1.54, 1.807) is 0 Å². The van der Waals surface area contributed by atoms with Crippen LogP contribution in [0.3, 0.4) is 0 Å². The number of rotatable bonds is 3. The molecule has 2 fully saturated rings. The van der Waals surface area contributed by atoms with E-state index >= 15 is 0 Å². The lowest BCUT2D eigenvalue weighted by Gasteiger charge is -2.31. The topological polar surface area (TPSA) is 58.4 Å². The van der Waals surface area contributed by atoms with Gasteiger partial charge in [-0.05, 0) is 18.9 Å². The lowest BCUT2D eigenvalue weighted by Crippen LogP contribution is -2.36. The van der Waals surface area contributed by atoms with Crippen molar-refractivity contribution in [2.75, 3.05) is 29.5 Å². The van der Waals surface area contributed by atoms with Gasteiger partial charge in [0.1, 0.15) is 4.88 Å². The van der Waals surface area contributed by atoms with Crippen molar-refractivity contribution in [2.24, 2.45) is 0 Å². The average molecular weight is 297 g/mol. The summed E-state index contributed by atoms with van der Waals surface area (Å²) in [6.07, 6.45) is 2.20. The zero-order valence-corrected chi connectivity index (χ0v) is 12.6. The highest BCUT2D eigenvalue weighted by Crippen LogP contribution is 2.35. The molecule has 4 nitrogen and oxygen atoms in total. The molecule has 1 unspecified atom stereocenters. The minimum Gasteiger partial charge on any atom is -0.397 e. The van der Waals surface area contributed by atoms with Gasteiger partial charge in [-0.25, -0.2) is 0 Å². The molecule has 0 bridgehead atoms.